The summed E-state index contributed by atoms with van der Waals surface area (Å²) in [4.78, 5) is 22.7. The van der Waals surface area contributed by atoms with Gasteiger partial charge in [-0.3, -0.25) is 0 Å². The fraction of sp³-hybridized carbons (Fsp3) is 0.0526. The Morgan fingerprint density at radius 3 is 2.25 bits per heavy atom. The quantitative estimate of drug-likeness (QED) is 0.357. The van der Waals surface area contributed by atoms with E-state index in [0.717, 1.165) is 18.2 Å². The fourth-order valence-electron chi connectivity index (χ4n) is 2.44. The third kappa shape index (κ3) is 3.83. The molecule has 0 saturated carbocycles. The first-order valence-corrected chi connectivity index (χ1v) is 7.65. The average molecular weight is 392 g/mol. The molecule has 0 bridgehead atoms. The normalized spacial score (nSPS) is 11.2. The zero-order valence-corrected chi connectivity index (χ0v) is 14.0. The summed E-state index contributed by atoms with van der Waals surface area (Å²) in [5.41, 5.74) is -0.169. The average Bonchev–Trinajstić information content (AvgIpc) is 3.00. The molecule has 0 saturated heterocycles. The summed E-state index contributed by atoms with van der Waals surface area (Å²) in [6.45, 7) is 6.46. The molecule has 0 spiro atoms. The van der Waals surface area contributed by atoms with Gasteiger partial charge in [0.2, 0.25) is 5.75 Å². The summed E-state index contributed by atoms with van der Waals surface area (Å²) in [7, 11) is 0. The van der Waals surface area contributed by atoms with Crippen molar-refractivity contribution in [3.8, 4) is 17.2 Å². The molecule has 0 atom stereocenters. The minimum Gasteiger partial charge on any atom is -0.452 e. The summed E-state index contributed by atoms with van der Waals surface area (Å²) in [6, 6.07) is 6.81. The number of carbonyl (C=O) groups excluding carboxylic acids is 2. The van der Waals surface area contributed by atoms with Crippen molar-refractivity contribution in [2.75, 3.05) is 0 Å². The number of carbonyl (C=O) groups is 2. The minimum atomic E-state index is -5.06. The largest absolute Gasteiger partial charge is 0.573 e. The van der Waals surface area contributed by atoms with Crippen LogP contribution in [0.5, 0.6) is 17.2 Å². The van der Waals surface area contributed by atoms with Gasteiger partial charge in [-0.1, -0.05) is 13.2 Å². The number of rotatable bonds is 5. The SMILES string of the molecule is C=CC(=O)Oc1ccc2c(c1)oc1c(OC(F)(F)F)c(OC(=O)C=C)ccc12. The van der Waals surface area contributed by atoms with Crippen LogP contribution in [0, 0.1) is 0 Å². The molecule has 2 aromatic carbocycles. The van der Waals surface area contributed by atoms with Gasteiger partial charge in [0.25, 0.3) is 0 Å². The van der Waals surface area contributed by atoms with E-state index in [4.69, 9.17) is 13.9 Å². The molecule has 9 heteroatoms. The first-order valence-electron chi connectivity index (χ1n) is 7.65. The minimum absolute atomic E-state index is 0.105. The van der Waals surface area contributed by atoms with Crippen LogP contribution in [0.4, 0.5) is 13.2 Å². The molecule has 0 aliphatic carbocycles. The summed E-state index contributed by atoms with van der Waals surface area (Å²) >= 11 is 0. The molecule has 0 amide bonds. The molecule has 6 nitrogen and oxygen atoms in total. The van der Waals surface area contributed by atoms with E-state index in [-0.39, 0.29) is 22.3 Å². The molecule has 0 fully saturated rings. The van der Waals surface area contributed by atoms with E-state index in [2.05, 4.69) is 17.9 Å². The Morgan fingerprint density at radius 2 is 1.61 bits per heavy atom. The van der Waals surface area contributed by atoms with Crippen molar-refractivity contribution in [2.45, 2.75) is 6.36 Å². The lowest BCUT2D eigenvalue weighted by Gasteiger charge is -2.12. The second-order valence-corrected chi connectivity index (χ2v) is 5.33. The maximum absolute atomic E-state index is 12.9. The van der Waals surface area contributed by atoms with Gasteiger partial charge in [-0.05, 0) is 24.3 Å². The van der Waals surface area contributed by atoms with E-state index < -0.39 is 29.8 Å². The third-order valence-electron chi connectivity index (χ3n) is 3.51. The Kier molecular flexibility index (Phi) is 4.83. The van der Waals surface area contributed by atoms with Gasteiger partial charge in [-0.2, -0.15) is 0 Å². The number of ether oxygens (including phenoxy) is 3. The summed E-state index contributed by atoms with van der Waals surface area (Å²) < 4.78 is 57.9. The topological polar surface area (TPSA) is 75.0 Å². The predicted octanol–water partition coefficient (Wildman–Crippen LogP) is 4.67. The van der Waals surface area contributed by atoms with Crippen LogP contribution in [-0.2, 0) is 9.59 Å². The Balaban J connectivity index is 2.19. The molecular weight excluding hydrogens is 381 g/mol. The van der Waals surface area contributed by atoms with Crippen LogP contribution in [0.25, 0.3) is 21.9 Å². The molecule has 0 unspecified atom stereocenters. The highest BCUT2D eigenvalue weighted by Crippen LogP contribution is 2.43. The second kappa shape index (κ2) is 7.10. The molecule has 1 heterocycles. The van der Waals surface area contributed by atoms with E-state index in [1.807, 2.05) is 0 Å². The highest BCUT2D eigenvalue weighted by molar-refractivity contribution is 6.08. The molecule has 3 rings (SSSR count). The molecule has 0 aliphatic heterocycles. The van der Waals surface area contributed by atoms with E-state index in [0.29, 0.717) is 5.39 Å². The van der Waals surface area contributed by atoms with Crippen molar-refractivity contribution in [3.05, 3.63) is 55.6 Å². The number of alkyl halides is 3. The van der Waals surface area contributed by atoms with E-state index in [9.17, 15) is 22.8 Å². The van der Waals surface area contributed by atoms with Gasteiger partial charge in [-0.25, -0.2) is 9.59 Å². The first-order chi connectivity index (χ1) is 13.2. The third-order valence-corrected chi connectivity index (χ3v) is 3.51. The Labute approximate surface area is 155 Å². The van der Waals surface area contributed by atoms with Crippen molar-refractivity contribution < 1.29 is 41.4 Å². The lowest BCUT2D eigenvalue weighted by Crippen LogP contribution is -2.18. The van der Waals surface area contributed by atoms with Crippen LogP contribution >= 0.6 is 0 Å². The Bertz CT molecular complexity index is 1110. The van der Waals surface area contributed by atoms with Crippen molar-refractivity contribution in [3.63, 3.8) is 0 Å². The Morgan fingerprint density at radius 1 is 0.964 bits per heavy atom. The number of furan rings is 1. The van der Waals surface area contributed by atoms with E-state index in [1.165, 1.54) is 24.3 Å². The molecule has 3 aromatic rings. The fourth-order valence-corrected chi connectivity index (χ4v) is 2.44. The molecule has 0 aliphatic rings. The zero-order chi connectivity index (χ0) is 20.5. The van der Waals surface area contributed by atoms with E-state index in [1.54, 1.807) is 0 Å². The standard InChI is InChI=1S/C19H11F3O6/c1-3-15(23)25-10-5-6-11-12-7-8-13(26-16(24)4-2)18(28-19(20,21)22)17(12)27-14(11)9-10/h3-9H,1-2H2. The monoisotopic (exact) mass is 392 g/mol. The molecule has 0 radical (unpaired) electrons. The van der Waals surface area contributed by atoms with Gasteiger partial charge in [0.15, 0.2) is 11.3 Å². The van der Waals surface area contributed by atoms with Gasteiger partial charge >= 0.3 is 18.3 Å². The molecule has 144 valence electrons. The maximum Gasteiger partial charge on any atom is 0.573 e. The van der Waals surface area contributed by atoms with Crippen LogP contribution in [0.15, 0.2) is 60.1 Å². The van der Waals surface area contributed by atoms with E-state index >= 15 is 0 Å². The molecular formula is C19H11F3O6. The van der Waals surface area contributed by atoms with Crippen molar-refractivity contribution in [1.82, 2.24) is 0 Å². The number of hydrogen-bond donors (Lipinski definition) is 0. The van der Waals surface area contributed by atoms with Crippen molar-refractivity contribution in [2.24, 2.45) is 0 Å². The number of fused-ring (bicyclic) bond motifs is 3. The van der Waals surface area contributed by atoms with Gasteiger partial charge in [0.05, 0.1) is 0 Å². The summed E-state index contributed by atoms with van der Waals surface area (Å²) in [5, 5.41) is 0.705. The highest BCUT2D eigenvalue weighted by Gasteiger charge is 2.35. The van der Waals surface area contributed by atoms with Gasteiger partial charge in [0.1, 0.15) is 11.3 Å². The van der Waals surface area contributed by atoms with Gasteiger partial charge in [-0.15, -0.1) is 13.2 Å². The maximum atomic E-state index is 12.9. The van der Waals surface area contributed by atoms with Crippen LogP contribution in [0.1, 0.15) is 0 Å². The Hall–Kier alpha value is -3.75. The van der Waals surface area contributed by atoms with Crippen LogP contribution in [-0.4, -0.2) is 18.3 Å². The second-order valence-electron chi connectivity index (χ2n) is 5.33. The predicted molar refractivity (Wildman–Crippen MR) is 92.1 cm³/mol. The lowest BCUT2D eigenvalue weighted by molar-refractivity contribution is -0.274. The number of esters is 2. The highest BCUT2D eigenvalue weighted by atomic mass is 19.4. The molecule has 0 N–H and O–H groups in total. The van der Waals surface area contributed by atoms with Gasteiger partial charge < -0.3 is 18.6 Å². The lowest BCUT2D eigenvalue weighted by atomic mass is 10.1. The summed E-state index contributed by atoms with van der Waals surface area (Å²) in [5.74, 6) is -2.89. The first kappa shape index (κ1) is 19.0. The number of benzene rings is 2. The van der Waals surface area contributed by atoms with Gasteiger partial charge in [0, 0.05) is 29.0 Å². The van der Waals surface area contributed by atoms with Crippen molar-refractivity contribution >= 4 is 33.9 Å². The zero-order valence-electron chi connectivity index (χ0n) is 14.0. The molecule has 1 aromatic heterocycles. The summed E-state index contributed by atoms with van der Waals surface area (Å²) in [6.07, 6.45) is -3.31. The van der Waals surface area contributed by atoms with Crippen LogP contribution in [0.3, 0.4) is 0 Å². The number of hydrogen-bond acceptors (Lipinski definition) is 6. The van der Waals surface area contributed by atoms with Crippen LogP contribution in [0.2, 0.25) is 0 Å². The molecule has 28 heavy (non-hydrogen) atoms. The number of halogens is 3. The van der Waals surface area contributed by atoms with Crippen LogP contribution < -0.4 is 14.2 Å². The van der Waals surface area contributed by atoms with Crippen molar-refractivity contribution in [1.29, 1.82) is 0 Å². The smallest absolute Gasteiger partial charge is 0.452 e.